The second-order valence-electron chi connectivity index (χ2n) is 5.88. The molecule has 3 heterocycles. The minimum atomic E-state index is 0.999. The van der Waals surface area contributed by atoms with E-state index in [-0.39, 0.29) is 0 Å². The van der Waals surface area contributed by atoms with E-state index in [2.05, 4.69) is 63.3 Å². The summed E-state index contributed by atoms with van der Waals surface area (Å²) in [6.45, 7) is 1.08. The Kier molecular flexibility index (Phi) is 3.76. The molecule has 0 aliphatic carbocycles. The Morgan fingerprint density at radius 2 is 1.65 bits per heavy atom. The molecule has 0 aliphatic heterocycles. The number of nitrogens with zero attached hydrogens (tertiary/aromatic N) is 3. The van der Waals surface area contributed by atoms with Crippen LogP contribution in [0.5, 0.6) is 0 Å². The maximum absolute atomic E-state index is 4.57. The molecule has 0 bridgehead atoms. The predicted octanol–water partition coefficient (Wildman–Crippen LogP) is 4.61. The summed E-state index contributed by atoms with van der Waals surface area (Å²) in [5.74, 6) is 0. The molecule has 0 aliphatic rings. The average Bonchev–Trinajstić information content (AvgIpc) is 3.12. The van der Waals surface area contributed by atoms with Crippen LogP contribution in [0.3, 0.4) is 0 Å². The summed E-state index contributed by atoms with van der Waals surface area (Å²) in [6, 6.07) is 14.7. The lowest BCUT2D eigenvalue weighted by atomic mass is 10.0. The Hall–Kier alpha value is -2.68. The highest BCUT2D eigenvalue weighted by Crippen LogP contribution is 2.25. The zero-order valence-corrected chi connectivity index (χ0v) is 13.0. The molecule has 114 valence electrons. The van der Waals surface area contributed by atoms with Gasteiger partial charge in [0.1, 0.15) is 0 Å². The molecule has 1 aromatic carbocycles. The Morgan fingerprint density at radius 1 is 0.783 bits per heavy atom. The fraction of sp³-hybridized carbons (Fsp3) is 0.200. The van der Waals surface area contributed by atoms with Crippen LogP contribution in [0.1, 0.15) is 18.4 Å². The number of aromatic nitrogens is 3. The fourth-order valence-electron chi connectivity index (χ4n) is 3.16. The number of benzene rings is 1. The van der Waals surface area contributed by atoms with Gasteiger partial charge in [0.2, 0.25) is 0 Å². The van der Waals surface area contributed by atoms with Gasteiger partial charge in [-0.15, -0.1) is 0 Å². The Morgan fingerprint density at radius 3 is 2.57 bits per heavy atom. The van der Waals surface area contributed by atoms with Crippen LogP contribution in [0.2, 0.25) is 0 Å². The van der Waals surface area contributed by atoms with Crippen molar-refractivity contribution in [3.8, 4) is 0 Å². The molecule has 0 unspecified atom stereocenters. The number of fused-ring (bicyclic) bond motifs is 3. The summed E-state index contributed by atoms with van der Waals surface area (Å²) in [5.41, 5.74) is 3.39. The molecule has 23 heavy (non-hydrogen) atoms. The zero-order chi connectivity index (χ0) is 15.5. The van der Waals surface area contributed by atoms with Crippen molar-refractivity contribution in [2.24, 2.45) is 0 Å². The number of rotatable bonds is 5. The minimum absolute atomic E-state index is 0.999. The van der Waals surface area contributed by atoms with Gasteiger partial charge in [-0.25, -0.2) is 0 Å². The van der Waals surface area contributed by atoms with Gasteiger partial charge in [-0.3, -0.25) is 9.97 Å². The van der Waals surface area contributed by atoms with Crippen molar-refractivity contribution in [2.45, 2.75) is 25.8 Å². The molecule has 3 nitrogen and oxygen atoms in total. The Labute approximate surface area is 135 Å². The van der Waals surface area contributed by atoms with E-state index in [0.717, 1.165) is 29.4 Å². The van der Waals surface area contributed by atoms with Crippen molar-refractivity contribution in [3.63, 3.8) is 0 Å². The molecule has 0 atom stereocenters. The van der Waals surface area contributed by atoms with Crippen molar-refractivity contribution in [1.82, 2.24) is 14.5 Å². The van der Waals surface area contributed by atoms with E-state index >= 15 is 0 Å². The first-order valence-corrected chi connectivity index (χ1v) is 8.14. The van der Waals surface area contributed by atoms with Crippen LogP contribution in [0, 0.1) is 0 Å². The van der Waals surface area contributed by atoms with E-state index < -0.39 is 0 Å². The SMILES string of the molecule is c1cnc2c(c1)ccc1c(CCCCn3cccc3)ccnc12. The largest absolute Gasteiger partial charge is 0.354 e. The summed E-state index contributed by atoms with van der Waals surface area (Å²) in [5, 5.41) is 2.39. The summed E-state index contributed by atoms with van der Waals surface area (Å²) in [6.07, 6.45) is 11.4. The van der Waals surface area contributed by atoms with Crippen LogP contribution in [0.25, 0.3) is 21.8 Å². The van der Waals surface area contributed by atoms with Gasteiger partial charge in [0, 0.05) is 42.1 Å². The van der Waals surface area contributed by atoms with E-state index in [4.69, 9.17) is 0 Å². The summed E-state index contributed by atoms with van der Waals surface area (Å²) in [4.78, 5) is 9.09. The number of unbranched alkanes of at least 4 members (excludes halogenated alkanes) is 1. The third-order valence-corrected chi connectivity index (χ3v) is 4.35. The topological polar surface area (TPSA) is 30.7 Å². The number of hydrogen-bond donors (Lipinski definition) is 0. The summed E-state index contributed by atoms with van der Waals surface area (Å²) >= 11 is 0. The van der Waals surface area contributed by atoms with E-state index in [9.17, 15) is 0 Å². The molecule has 0 N–H and O–H groups in total. The number of aryl methyl sites for hydroxylation is 2. The molecular weight excluding hydrogens is 282 g/mol. The minimum Gasteiger partial charge on any atom is -0.354 e. The second-order valence-corrected chi connectivity index (χ2v) is 5.88. The number of hydrogen-bond acceptors (Lipinski definition) is 2. The second kappa shape index (κ2) is 6.21. The molecule has 3 heteroatoms. The molecular formula is C20H19N3. The smallest absolute Gasteiger partial charge is 0.0967 e. The van der Waals surface area contributed by atoms with Gasteiger partial charge in [-0.2, -0.15) is 0 Å². The third-order valence-electron chi connectivity index (χ3n) is 4.35. The van der Waals surface area contributed by atoms with Gasteiger partial charge in [0.05, 0.1) is 11.0 Å². The van der Waals surface area contributed by atoms with Crippen LogP contribution in [-0.4, -0.2) is 14.5 Å². The molecule has 0 radical (unpaired) electrons. The molecule has 0 spiro atoms. The highest BCUT2D eigenvalue weighted by atomic mass is 14.9. The van der Waals surface area contributed by atoms with E-state index in [1.807, 2.05) is 18.5 Å². The van der Waals surface area contributed by atoms with Crippen LogP contribution in [-0.2, 0) is 13.0 Å². The predicted molar refractivity (Wildman–Crippen MR) is 94.4 cm³/mol. The van der Waals surface area contributed by atoms with E-state index in [1.54, 1.807) is 0 Å². The average molecular weight is 301 g/mol. The highest BCUT2D eigenvalue weighted by molar-refractivity contribution is 6.03. The summed E-state index contributed by atoms with van der Waals surface area (Å²) < 4.78 is 2.24. The van der Waals surface area contributed by atoms with Gasteiger partial charge in [-0.1, -0.05) is 18.2 Å². The maximum atomic E-state index is 4.57. The lowest BCUT2D eigenvalue weighted by Gasteiger charge is -2.08. The van der Waals surface area contributed by atoms with Crippen LogP contribution < -0.4 is 0 Å². The van der Waals surface area contributed by atoms with Crippen molar-refractivity contribution in [2.75, 3.05) is 0 Å². The van der Waals surface area contributed by atoms with Crippen LogP contribution >= 0.6 is 0 Å². The normalized spacial score (nSPS) is 11.3. The molecule has 0 saturated heterocycles. The molecule has 3 aromatic heterocycles. The maximum Gasteiger partial charge on any atom is 0.0967 e. The fourth-order valence-corrected chi connectivity index (χ4v) is 3.16. The van der Waals surface area contributed by atoms with Gasteiger partial charge >= 0.3 is 0 Å². The molecule has 0 fully saturated rings. The first kappa shape index (κ1) is 13.9. The molecule has 0 saturated carbocycles. The standard InChI is InChI=1S/C20H19N3/c1(2-13-23-14-3-4-15-23)6-16-10-12-22-20-18(16)9-8-17-7-5-11-21-19(17)20/h3-5,7-12,14-15H,1-2,6,13H2. The molecule has 0 amide bonds. The van der Waals surface area contributed by atoms with Gasteiger partial charge < -0.3 is 4.57 Å². The molecule has 4 rings (SSSR count). The van der Waals surface area contributed by atoms with Gasteiger partial charge in [-0.05, 0) is 49.1 Å². The van der Waals surface area contributed by atoms with Gasteiger partial charge in [0.25, 0.3) is 0 Å². The monoisotopic (exact) mass is 301 g/mol. The first-order chi connectivity index (χ1) is 11.4. The zero-order valence-electron chi connectivity index (χ0n) is 13.0. The van der Waals surface area contributed by atoms with Crippen LogP contribution in [0.15, 0.2) is 67.3 Å². The lowest BCUT2D eigenvalue weighted by molar-refractivity contribution is 0.612. The Bertz CT molecular complexity index is 926. The van der Waals surface area contributed by atoms with Crippen molar-refractivity contribution in [1.29, 1.82) is 0 Å². The quantitative estimate of drug-likeness (QED) is 0.398. The lowest BCUT2D eigenvalue weighted by Crippen LogP contribution is -1.96. The third kappa shape index (κ3) is 2.82. The molecule has 4 aromatic rings. The van der Waals surface area contributed by atoms with Crippen molar-refractivity contribution >= 4 is 21.8 Å². The van der Waals surface area contributed by atoms with E-state index in [0.29, 0.717) is 0 Å². The van der Waals surface area contributed by atoms with Crippen LogP contribution in [0.4, 0.5) is 0 Å². The highest BCUT2D eigenvalue weighted by Gasteiger charge is 2.06. The first-order valence-electron chi connectivity index (χ1n) is 8.14. The van der Waals surface area contributed by atoms with Crippen molar-refractivity contribution in [3.05, 3.63) is 72.8 Å². The van der Waals surface area contributed by atoms with Gasteiger partial charge in [0.15, 0.2) is 0 Å². The number of pyridine rings is 2. The summed E-state index contributed by atoms with van der Waals surface area (Å²) in [7, 11) is 0. The van der Waals surface area contributed by atoms with E-state index in [1.165, 1.54) is 23.8 Å². The van der Waals surface area contributed by atoms with Crippen molar-refractivity contribution < 1.29 is 0 Å². The Balaban J connectivity index is 1.56.